The average Bonchev–Trinajstić information content (AvgIpc) is 2.27. The first-order chi connectivity index (χ1) is 8.17. The van der Waals surface area contributed by atoms with Crippen LogP contribution >= 0.6 is 11.6 Å². The molecule has 0 amide bonds. The molecule has 100 valence electrons. The predicted molar refractivity (Wildman–Crippen MR) is 60.4 cm³/mol. The molecule has 0 unspecified atom stereocenters. The Morgan fingerprint density at radius 3 is 2.17 bits per heavy atom. The van der Waals surface area contributed by atoms with Crippen molar-refractivity contribution < 1.29 is 26.3 Å². The molecule has 0 N–H and O–H groups in total. The van der Waals surface area contributed by atoms with Crippen LogP contribution in [0.25, 0.3) is 0 Å². The summed E-state index contributed by atoms with van der Waals surface area (Å²) >= 11 is 5.42. The Labute approximate surface area is 106 Å². The van der Waals surface area contributed by atoms with E-state index in [9.17, 15) is 21.6 Å². The molecule has 9 heteroatoms. The van der Waals surface area contributed by atoms with E-state index < -0.39 is 20.7 Å². The van der Waals surface area contributed by atoms with Gasteiger partial charge in [0.15, 0.2) is 0 Å². The van der Waals surface area contributed by atoms with Gasteiger partial charge in [-0.15, -0.1) is 4.40 Å². The Morgan fingerprint density at radius 2 is 1.78 bits per heavy atom. The van der Waals surface area contributed by atoms with Gasteiger partial charge in [0.05, 0.1) is 7.11 Å². The molecule has 1 rings (SSSR count). The lowest BCUT2D eigenvalue weighted by molar-refractivity contribution is -0.0435. The number of alkyl halides is 3. The van der Waals surface area contributed by atoms with Crippen molar-refractivity contribution in [2.45, 2.75) is 5.51 Å². The lowest BCUT2D eigenvalue weighted by Gasteiger charge is -2.04. The van der Waals surface area contributed by atoms with Crippen LogP contribution in [0.3, 0.4) is 0 Å². The van der Waals surface area contributed by atoms with Crippen LogP contribution in [-0.2, 0) is 10.0 Å². The number of methoxy groups -OCH3 is 1. The van der Waals surface area contributed by atoms with Crippen molar-refractivity contribution in [3.63, 3.8) is 0 Å². The highest BCUT2D eigenvalue weighted by Gasteiger charge is 2.46. The molecule has 0 radical (unpaired) electrons. The van der Waals surface area contributed by atoms with Crippen molar-refractivity contribution in [2.24, 2.45) is 4.40 Å². The first-order valence-corrected chi connectivity index (χ1v) is 6.20. The summed E-state index contributed by atoms with van der Waals surface area (Å²) in [6.45, 7) is 0. The molecule has 0 bridgehead atoms. The molecule has 0 aliphatic rings. The fourth-order valence-electron chi connectivity index (χ4n) is 0.939. The van der Waals surface area contributed by atoms with Gasteiger partial charge in [-0.3, -0.25) is 0 Å². The fourth-order valence-corrected chi connectivity index (χ4v) is 1.76. The topological polar surface area (TPSA) is 55.7 Å². The van der Waals surface area contributed by atoms with Crippen molar-refractivity contribution in [1.82, 2.24) is 0 Å². The van der Waals surface area contributed by atoms with E-state index >= 15 is 0 Å². The molecule has 0 saturated carbocycles. The Balaban J connectivity index is 3.10. The maximum atomic E-state index is 12.1. The highest BCUT2D eigenvalue weighted by Crippen LogP contribution is 2.26. The first kappa shape index (κ1) is 14.8. The summed E-state index contributed by atoms with van der Waals surface area (Å²) in [5.74, 6) is 0.446. The molecule has 18 heavy (non-hydrogen) atoms. The van der Waals surface area contributed by atoms with Gasteiger partial charge in [-0.2, -0.15) is 21.6 Å². The fraction of sp³-hybridized carbons (Fsp3) is 0.222. The Morgan fingerprint density at radius 1 is 1.28 bits per heavy atom. The maximum absolute atomic E-state index is 12.1. The second-order valence-corrected chi connectivity index (χ2v) is 4.99. The van der Waals surface area contributed by atoms with Crippen molar-refractivity contribution in [3.05, 3.63) is 29.8 Å². The number of sulfonamides is 1. The maximum Gasteiger partial charge on any atom is 0.518 e. The third-order valence-corrected chi connectivity index (χ3v) is 3.23. The van der Waals surface area contributed by atoms with Gasteiger partial charge in [-0.05, 0) is 24.3 Å². The van der Waals surface area contributed by atoms with Crippen LogP contribution in [0.15, 0.2) is 28.7 Å². The molecule has 0 aromatic heterocycles. The van der Waals surface area contributed by atoms with Crippen LogP contribution in [0.4, 0.5) is 13.2 Å². The van der Waals surface area contributed by atoms with Gasteiger partial charge in [0.25, 0.3) is 0 Å². The third kappa shape index (κ3) is 3.36. The summed E-state index contributed by atoms with van der Waals surface area (Å²) in [4.78, 5) is 0. The van der Waals surface area contributed by atoms with E-state index in [2.05, 4.69) is 4.40 Å². The number of hydrogen-bond donors (Lipinski definition) is 0. The summed E-state index contributed by atoms with van der Waals surface area (Å²) < 4.78 is 65.0. The third-order valence-electron chi connectivity index (χ3n) is 1.82. The summed E-state index contributed by atoms with van der Waals surface area (Å²) in [6, 6.07) is 5.40. The van der Waals surface area contributed by atoms with Crippen LogP contribution in [0, 0.1) is 0 Å². The van der Waals surface area contributed by atoms with Gasteiger partial charge in [-0.1, -0.05) is 11.6 Å². The van der Waals surface area contributed by atoms with E-state index in [0.717, 1.165) is 0 Å². The molecule has 4 nitrogen and oxygen atoms in total. The molecule has 1 aromatic rings. The Bertz CT molecular complexity index is 551. The number of rotatable bonds is 3. The molecule has 0 fully saturated rings. The van der Waals surface area contributed by atoms with Crippen LogP contribution in [-0.4, -0.2) is 26.2 Å². The van der Waals surface area contributed by atoms with Crippen molar-refractivity contribution in [1.29, 1.82) is 0 Å². The standard InChI is InChI=1S/C9H7ClF3NO3S/c1-17-7-4-2-6(3-5-7)8(10)14-18(15,16)9(11,12)13/h2-5H,1H3/b14-8+. The smallest absolute Gasteiger partial charge is 0.497 e. The average molecular weight is 302 g/mol. The molecular formula is C9H7ClF3NO3S. The lowest BCUT2D eigenvalue weighted by Crippen LogP contribution is -2.21. The highest BCUT2D eigenvalue weighted by atomic mass is 35.5. The largest absolute Gasteiger partial charge is 0.518 e. The minimum atomic E-state index is -5.64. The first-order valence-electron chi connectivity index (χ1n) is 4.38. The minimum absolute atomic E-state index is 0.0327. The molecule has 1 aromatic carbocycles. The summed E-state index contributed by atoms with van der Waals surface area (Å²) in [5, 5.41) is -0.769. The van der Waals surface area contributed by atoms with Gasteiger partial charge in [0, 0.05) is 5.56 Å². The number of halogens is 4. The molecule has 0 aliphatic heterocycles. The quantitative estimate of drug-likeness (QED) is 0.806. The monoisotopic (exact) mass is 301 g/mol. The van der Waals surface area contributed by atoms with Crippen LogP contribution < -0.4 is 4.74 Å². The van der Waals surface area contributed by atoms with E-state index in [1.165, 1.54) is 31.4 Å². The van der Waals surface area contributed by atoms with Gasteiger partial charge < -0.3 is 4.74 Å². The number of ether oxygens (including phenoxy) is 1. The van der Waals surface area contributed by atoms with Crippen molar-refractivity contribution in [3.8, 4) is 5.75 Å². The minimum Gasteiger partial charge on any atom is -0.497 e. The zero-order valence-corrected chi connectivity index (χ0v) is 10.5. The number of benzene rings is 1. The SMILES string of the molecule is COc1ccc(/C(Cl)=N\S(=O)(=O)C(F)(F)F)cc1. The van der Waals surface area contributed by atoms with Crippen LogP contribution in [0.2, 0.25) is 0 Å². The van der Waals surface area contributed by atoms with E-state index in [0.29, 0.717) is 5.75 Å². The highest BCUT2D eigenvalue weighted by molar-refractivity contribution is 7.91. The van der Waals surface area contributed by atoms with E-state index in [1.54, 1.807) is 0 Å². The molecule has 0 spiro atoms. The van der Waals surface area contributed by atoms with Crippen molar-refractivity contribution in [2.75, 3.05) is 7.11 Å². The van der Waals surface area contributed by atoms with Gasteiger partial charge in [-0.25, -0.2) is 0 Å². The van der Waals surface area contributed by atoms with E-state index in [-0.39, 0.29) is 5.56 Å². The molecular weight excluding hydrogens is 295 g/mol. The normalized spacial score (nSPS) is 13.5. The zero-order chi connectivity index (χ0) is 14.0. The Kier molecular flexibility index (Phi) is 4.23. The van der Waals surface area contributed by atoms with Crippen LogP contribution in [0.5, 0.6) is 5.75 Å². The van der Waals surface area contributed by atoms with Gasteiger partial charge >= 0.3 is 15.5 Å². The van der Waals surface area contributed by atoms with Crippen molar-refractivity contribution >= 4 is 26.8 Å². The lowest BCUT2D eigenvalue weighted by atomic mass is 10.2. The summed E-state index contributed by atoms with van der Waals surface area (Å²) in [7, 11) is -4.23. The second kappa shape index (κ2) is 5.15. The second-order valence-electron chi connectivity index (χ2n) is 3.03. The summed E-state index contributed by atoms with van der Waals surface area (Å²) in [5.41, 5.74) is -5.44. The number of hydrogen-bond acceptors (Lipinski definition) is 3. The zero-order valence-electron chi connectivity index (χ0n) is 8.90. The van der Waals surface area contributed by atoms with Gasteiger partial charge in [0.1, 0.15) is 10.9 Å². The van der Waals surface area contributed by atoms with Gasteiger partial charge in [0.2, 0.25) is 0 Å². The van der Waals surface area contributed by atoms with E-state index in [1.807, 2.05) is 0 Å². The predicted octanol–water partition coefficient (Wildman–Crippen LogP) is 2.53. The number of nitrogens with zero attached hydrogens (tertiary/aromatic N) is 1. The van der Waals surface area contributed by atoms with E-state index in [4.69, 9.17) is 16.3 Å². The van der Waals surface area contributed by atoms with Crippen LogP contribution in [0.1, 0.15) is 5.56 Å². The Hall–Kier alpha value is -1.28. The molecule has 0 aliphatic carbocycles. The molecule has 0 atom stereocenters. The summed E-state index contributed by atoms with van der Waals surface area (Å²) in [6.07, 6.45) is 0. The molecule has 0 heterocycles. The molecule has 0 saturated heterocycles.